The first-order valence-electron chi connectivity index (χ1n) is 8.28. The number of nitrogens with two attached hydrogens (primary N) is 1. The van der Waals surface area contributed by atoms with Crippen LogP contribution in [0.2, 0.25) is 0 Å². The summed E-state index contributed by atoms with van der Waals surface area (Å²) in [5.74, 6) is -2.00. The maximum Gasteiger partial charge on any atom is 0.250 e. The highest BCUT2D eigenvalue weighted by Crippen LogP contribution is 2.24. The fourth-order valence-electron chi connectivity index (χ4n) is 2.53. The number of aromatic nitrogens is 1. The van der Waals surface area contributed by atoms with Gasteiger partial charge in [0.1, 0.15) is 11.6 Å². The number of nitrogens with one attached hydrogen (secondary N) is 2. The number of nitrogens with zero attached hydrogens (tertiary/aromatic N) is 1. The Morgan fingerprint density at radius 1 is 1.00 bits per heavy atom. The molecule has 4 N–H and O–H groups in total. The molecular weight excluding hydrogens is 366 g/mol. The number of carbonyl (C=O) groups excluding carboxylic acids is 2. The van der Waals surface area contributed by atoms with E-state index in [1.165, 1.54) is 36.4 Å². The summed E-state index contributed by atoms with van der Waals surface area (Å²) in [5.41, 5.74) is 6.47. The van der Waals surface area contributed by atoms with Gasteiger partial charge in [-0.05, 0) is 29.8 Å². The van der Waals surface area contributed by atoms with Crippen LogP contribution >= 0.6 is 0 Å². The summed E-state index contributed by atoms with van der Waals surface area (Å²) in [6.07, 6.45) is 0.954. The van der Waals surface area contributed by atoms with Crippen molar-refractivity contribution in [3.05, 3.63) is 83.6 Å². The Morgan fingerprint density at radius 2 is 1.71 bits per heavy atom. The summed E-state index contributed by atoms with van der Waals surface area (Å²) in [4.78, 5) is 27.5. The molecule has 0 unspecified atom stereocenters. The van der Waals surface area contributed by atoms with Crippen LogP contribution in [-0.4, -0.2) is 16.8 Å². The Morgan fingerprint density at radius 3 is 2.43 bits per heavy atom. The van der Waals surface area contributed by atoms with Gasteiger partial charge in [-0.1, -0.05) is 24.3 Å². The Hall–Kier alpha value is -3.81. The molecule has 0 saturated heterocycles. The molecule has 142 valence electrons. The Kier molecular flexibility index (Phi) is 5.59. The Labute approximate surface area is 159 Å². The van der Waals surface area contributed by atoms with Crippen molar-refractivity contribution < 1.29 is 18.4 Å². The number of primary amides is 1. The molecule has 3 rings (SSSR count). The fraction of sp³-hybridized carbons (Fsp3) is 0.0500. The molecule has 28 heavy (non-hydrogen) atoms. The molecule has 0 spiro atoms. The molecule has 0 aliphatic heterocycles. The maximum absolute atomic E-state index is 14.1. The smallest absolute Gasteiger partial charge is 0.250 e. The second-order valence-electron chi connectivity index (χ2n) is 5.94. The average molecular weight is 382 g/mol. The zero-order chi connectivity index (χ0) is 20.1. The Bertz CT molecular complexity index is 1020. The molecule has 2 amide bonds. The minimum Gasteiger partial charge on any atom is -0.366 e. The third-order valence-corrected chi connectivity index (χ3v) is 3.86. The highest BCUT2D eigenvalue weighted by molar-refractivity contribution is 5.99. The maximum atomic E-state index is 14.1. The van der Waals surface area contributed by atoms with Gasteiger partial charge < -0.3 is 16.4 Å². The number of benzene rings is 2. The van der Waals surface area contributed by atoms with Gasteiger partial charge in [0.2, 0.25) is 5.91 Å². The van der Waals surface area contributed by atoms with E-state index in [2.05, 4.69) is 15.6 Å². The molecule has 0 aliphatic carbocycles. The lowest BCUT2D eigenvalue weighted by molar-refractivity contribution is -0.115. The first kappa shape index (κ1) is 19.0. The number of carbonyl (C=O) groups is 2. The number of hydrogen-bond donors (Lipinski definition) is 3. The zero-order valence-electron chi connectivity index (χ0n) is 14.6. The molecule has 3 aromatic rings. The lowest BCUT2D eigenvalue weighted by atomic mass is 10.1. The number of pyridine rings is 1. The quantitative estimate of drug-likeness (QED) is 0.609. The predicted octanol–water partition coefficient (Wildman–Crippen LogP) is 3.38. The van der Waals surface area contributed by atoms with Crippen molar-refractivity contribution in [3.8, 4) is 0 Å². The van der Waals surface area contributed by atoms with Crippen molar-refractivity contribution in [1.82, 2.24) is 4.98 Å². The van der Waals surface area contributed by atoms with E-state index >= 15 is 0 Å². The van der Waals surface area contributed by atoms with Crippen LogP contribution in [0.1, 0.15) is 15.9 Å². The summed E-state index contributed by atoms with van der Waals surface area (Å²) in [5, 5.41) is 5.34. The summed E-state index contributed by atoms with van der Waals surface area (Å²) in [6.45, 7) is 0. The molecular formula is C20H16F2N4O2. The summed E-state index contributed by atoms with van der Waals surface area (Å²) >= 11 is 0. The van der Waals surface area contributed by atoms with E-state index in [4.69, 9.17) is 5.73 Å². The molecule has 0 atom stereocenters. The van der Waals surface area contributed by atoms with Crippen LogP contribution in [-0.2, 0) is 11.2 Å². The highest BCUT2D eigenvalue weighted by atomic mass is 19.1. The number of para-hydroxylation sites is 1. The molecule has 1 heterocycles. The molecule has 8 heteroatoms. The predicted molar refractivity (Wildman–Crippen MR) is 101 cm³/mol. The summed E-state index contributed by atoms with van der Waals surface area (Å²) in [7, 11) is 0. The first-order valence-corrected chi connectivity index (χ1v) is 8.28. The van der Waals surface area contributed by atoms with Crippen LogP contribution in [0.5, 0.6) is 0 Å². The summed E-state index contributed by atoms with van der Waals surface area (Å²) in [6, 6.07) is 13.2. The summed E-state index contributed by atoms with van der Waals surface area (Å²) < 4.78 is 27.0. The van der Waals surface area contributed by atoms with E-state index in [1.54, 1.807) is 18.2 Å². The van der Waals surface area contributed by atoms with E-state index in [0.717, 1.165) is 6.20 Å². The molecule has 0 saturated carbocycles. The molecule has 2 aromatic carbocycles. The molecule has 0 bridgehead atoms. The van der Waals surface area contributed by atoms with Crippen LogP contribution in [0.3, 0.4) is 0 Å². The van der Waals surface area contributed by atoms with Crippen LogP contribution in [0.15, 0.2) is 60.8 Å². The highest BCUT2D eigenvalue weighted by Gasteiger charge is 2.12. The van der Waals surface area contributed by atoms with E-state index < -0.39 is 23.4 Å². The van der Waals surface area contributed by atoms with Crippen molar-refractivity contribution in [2.45, 2.75) is 6.42 Å². The zero-order valence-corrected chi connectivity index (χ0v) is 14.6. The second-order valence-corrected chi connectivity index (χ2v) is 5.94. The van der Waals surface area contributed by atoms with Crippen molar-refractivity contribution >= 4 is 29.0 Å². The van der Waals surface area contributed by atoms with Gasteiger partial charge >= 0.3 is 0 Å². The third-order valence-electron chi connectivity index (χ3n) is 3.86. The lowest BCUT2D eigenvalue weighted by Gasteiger charge is -2.12. The van der Waals surface area contributed by atoms with Crippen LogP contribution in [0.4, 0.5) is 26.0 Å². The van der Waals surface area contributed by atoms with E-state index in [-0.39, 0.29) is 23.5 Å². The fourth-order valence-corrected chi connectivity index (χ4v) is 2.53. The van der Waals surface area contributed by atoms with Gasteiger partial charge in [0.25, 0.3) is 5.91 Å². The van der Waals surface area contributed by atoms with Gasteiger partial charge in [-0.25, -0.2) is 13.8 Å². The van der Waals surface area contributed by atoms with Gasteiger partial charge in [-0.15, -0.1) is 0 Å². The molecule has 6 nitrogen and oxygen atoms in total. The van der Waals surface area contributed by atoms with Crippen LogP contribution in [0, 0.1) is 11.6 Å². The lowest BCUT2D eigenvalue weighted by Crippen LogP contribution is -2.16. The SMILES string of the molecule is NC(=O)c1ccccc1Nc1cc(NC(=O)Cc2ccc(F)cc2)ncc1F. The van der Waals surface area contributed by atoms with E-state index in [9.17, 15) is 18.4 Å². The van der Waals surface area contributed by atoms with Crippen LogP contribution < -0.4 is 16.4 Å². The van der Waals surface area contributed by atoms with Crippen LogP contribution in [0.25, 0.3) is 0 Å². The molecule has 0 radical (unpaired) electrons. The van der Waals surface area contributed by atoms with Crippen molar-refractivity contribution in [3.63, 3.8) is 0 Å². The molecule has 0 fully saturated rings. The second kappa shape index (κ2) is 8.26. The number of anilines is 3. The van der Waals surface area contributed by atoms with E-state index in [0.29, 0.717) is 11.3 Å². The molecule has 1 aromatic heterocycles. The van der Waals surface area contributed by atoms with Crippen molar-refractivity contribution in [2.24, 2.45) is 5.73 Å². The minimum absolute atomic E-state index is 0.00655. The monoisotopic (exact) mass is 382 g/mol. The van der Waals surface area contributed by atoms with Gasteiger partial charge in [-0.3, -0.25) is 9.59 Å². The largest absolute Gasteiger partial charge is 0.366 e. The average Bonchev–Trinajstić information content (AvgIpc) is 2.66. The number of hydrogen-bond acceptors (Lipinski definition) is 4. The van der Waals surface area contributed by atoms with Gasteiger partial charge in [0.15, 0.2) is 5.82 Å². The standard InChI is InChI=1S/C20H16F2N4O2/c21-13-7-5-12(6-8-13)9-19(27)26-18-10-17(15(22)11-24-18)25-16-4-2-1-3-14(16)20(23)28/h1-8,10-11H,9H2,(H2,23,28)(H2,24,25,26,27). The Balaban J connectivity index is 1.75. The van der Waals surface area contributed by atoms with Gasteiger partial charge in [0, 0.05) is 6.07 Å². The molecule has 0 aliphatic rings. The van der Waals surface area contributed by atoms with E-state index in [1.807, 2.05) is 0 Å². The third kappa shape index (κ3) is 4.67. The normalized spacial score (nSPS) is 10.4. The minimum atomic E-state index is -0.671. The topological polar surface area (TPSA) is 97.1 Å². The number of rotatable bonds is 6. The number of halogens is 2. The van der Waals surface area contributed by atoms with Gasteiger partial charge in [0.05, 0.1) is 29.6 Å². The van der Waals surface area contributed by atoms with Crippen molar-refractivity contribution in [2.75, 3.05) is 10.6 Å². The van der Waals surface area contributed by atoms with Gasteiger partial charge in [-0.2, -0.15) is 0 Å². The number of amides is 2. The van der Waals surface area contributed by atoms with Crippen molar-refractivity contribution in [1.29, 1.82) is 0 Å². The first-order chi connectivity index (χ1) is 13.4.